The number of pyridine rings is 1. The number of hydrogen-bond acceptors (Lipinski definition) is 7. The van der Waals surface area contributed by atoms with Gasteiger partial charge < -0.3 is 29.6 Å². The molecular formula is C33H39N5O4. The van der Waals surface area contributed by atoms with E-state index in [0.29, 0.717) is 28.9 Å². The maximum absolute atomic E-state index is 13.7. The van der Waals surface area contributed by atoms with E-state index in [4.69, 9.17) is 9.47 Å². The summed E-state index contributed by atoms with van der Waals surface area (Å²) in [6.07, 6.45) is 4.47. The van der Waals surface area contributed by atoms with Gasteiger partial charge in [0.2, 0.25) is 5.43 Å². The maximum Gasteiger partial charge on any atom is 0.256 e. The van der Waals surface area contributed by atoms with Crippen molar-refractivity contribution >= 4 is 33.3 Å². The Morgan fingerprint density at radius 3 is 2.55 bits per heavy atom. The molecule has 2 aliphatic rings. The van der Waals surface area contributed by atoms with Crippen molar-refractivity contribution in [3.63, 3.8) is 0 Å². The summed E-state index contributed by atoms with van der Waals surface area (Å²) >= 11 is 0. The number of unbranched alkanes of at least 4 members (excludes halogenated alkanes) is 1. The zero-order valence-electron chi connectivity index (χ0n) is 24.4. The normalized spacial score (nSPS) is 14.6. The fourth-order valence-corrected chi connectivity index (χ4v) is 5.77. The lowest BCUT2D eigenvalue weighted by Gasteiger charge is -2.27. The zero-order valence-corrected chi connectivity index (χ0v) is 24.4. The van der Waals surface area contributed by atoms with E-state index in [9.17, 15) is 9.59 Å². The first-order valence-corrected chi connectivity index (χ1v) is 14.9. The number of nitrogens with one attached hydrogen (secondary N) is 2. The third-order valence-corrected chi connectivity index (χ3v) is 8.05. The summed E-state index contributed by atoms with van der Waals surface area (Å²) in [6, 6.07) is 15.9. The molecule has 1 aromatic heterocycles. The van der Waals surface area contributed by atoms with Gasteiger partial charge in [-0.05, 0) is 81.5 Å². The predicted molar refractivity (Wildman–Crippen MR) is 168 cm³/mol. The van der Waals surface area contributed by atoms with Gasteiger partial charge in [0.25, 0.3) is 5.91 Å². The third-order valence-electron chi connectivity index (χ3n) is 8.05. The molecule has 0 spiro atoms. The molecule has 6 rings (SSSR count). The van der Waals surface area contributed by atoms with Crippen LogP contribution < -0.4 is 20.8 Å². The molecule has 0 atom stereocenters. The van der Waals surface area contributed by atoms with Crippen molar-refractivity contribution < 1.29 is 14.3 Å². The molecule has 42 heavy (non-hydrogen) atoms. The number of amides is 1. The molecule has 2 N–H and O–H groups in total. The minimum Gasteiger partial charge on any atom is -0.451 e. The Morgan fingerprint density at radius 2 is 1.76 bits per heavy atom. The molecular weight excluding hydrogens is 530 g/mol. The third kappa shape index (κ3) is 5.86. The molecule has 9 nitrogen and oxygen atoms in total. The van der Waals surface area contributed by atoms with E-state index in [-0.39, 0.29) is 16.9 Å². The largest absolute Gasteiger partial charge is 0.451 e. The molecule has 9 heteroatoms. The van der Waals surface area contributed by atoms with Crippen LogP contribution in [0.3, 0.4) is 0 Å². The highest BCUT2D eigenvalue weighted by Crippen LogP contribution is 2.45. The molecule has 1 amide bonds. The second-order valence-electron chi connectivity index (χ2n) is 11.4. The van der Waals surface area contributed by atoms with Gasteiger partial charge in [0.15, 0.2) is 11.5 Å². The van der Waals surface area contributed by atoms with E-state index in [0.717, 1.165) is 87.3 Å². The average Bonchev–Trinajstić information content (AvgIpc) is 3.00. The average molecular weight is 570 g/mol. The van der Waals surface area contributed by atoms with E-state index < -0.39 is 0 Å². The smallest absolute Gasteiger partial charge is 0.256 e. The molecule has 0 aliphatic carbocycles. The van der Waals surface area contributed by atoms with Crippen LogP contribution >= 0.6 is 0 Å². The van der Waals surface area contributed by atoms with Gasteiger partial charge in [-0.25, -0.2) is 0 Å². The van der Waals surface area contributed by atoms with Gasteiger partial charge in [0.05, 0.1) is 30.0 Å². The van der Waals surface area contributed by atoms with E-state index in [1.807, 2.05) is 49.0 Å². The number of ether oxygens (including phenoxy) is 2. The number of fused-ring (bicyclic) bond motifs is 3. The Hall–Kier alpha value is -3.92. The Bertz CT molecular complexity index is 1660. The van der Waals surface area contributed by atoms with Crippen LogP contribution in [0.15, 0.2) is 59.5 Å². The van der Waals surface area contributed by atoms with Crippen LogP contribution in [-0.2, 0) is 4.74 Å². The minimum atomic E-state index is -0.351. The summed E-state index contributed by atoms with van der Waals surface area (Å²) < 4.78 is 14.0. The fraction of sp³-hybridized carbons (Fsp3) is 0.394. The van der Waals surface area contributed by atoms with Gasteiger partial charge in [0.1, 0.15) is 11.1 Å². The molecule has 1 fully saturated rings. The summed E-state index contributed by atoms with van der Waals surface area (Å²) in [6.45, 7) is 6.75. The molecule has 0 unspecified atom stereocenters. The predicted octanol–water partition coefficient (Wildman–Crippen LogP) is 4.46. The molecule has 0 bridgehead atoms. The van der Waals surface area contributed by atoms with Crippen LogP contribution in [0.1, 0.15) is 29.6 Å². The number of anilines is 1. The fourth-order valence-electron chi connectivity index (χ4n) is 5.77. The number of benzene rings is 3. The van der Waals surface area contributed by atoms with Crippen molar-refractivity contribution in [2.45, 2.75) is 19.3 Å². The van der Waals surface area contributed by atoms with Crippen LogP contribution in [0.4, 0.5) is 5.69 Å². The Morgan fingerprint density at radius 1 is 0.976 bits per heavy atom. The van der Waals surface area contributed by atoms with Crippen LogP contribution in [0.2, 0.25) is 0 Å². The molecule has 4 aromatic rings. The lowest BCUT2D eigenvalue weighted by atomic mass is 10.0. The van der Waals surface area contributed by atoms with Crippen LogP contribution in [0.25, 0.3) is 27.4 Å². The van der Waals surface area contributed by atoms with E-state index in [1.54, 1.807) is 6.20 Å². The number of hydrogen-bond donors (Lipinski definition) is 2. The first kappa shape index (κ1) is 28.2. The van der Waals surface area contributed by atoms with Crippen molar-refractivity contribution in [2.24, 2.45) is 0 Å². The van der Waals surface area contributed by atoms with Crippen molar-refractivity contribution in [2.75, 3.05) is 71.9 Å². The Kier molecular flexibility index (Phi) is 8.41. The highest BCUT2D eigenvalue weighted by molar-refractivity contribution is 6.01. The minimum absolute atomic E-state index is 0.133. The summed E-state index contributed by atoms with van der Waals surface area (Å²) in [7, 11) is 4.07. The Balaban J connectivity index is 1.33. The van der Waals surface area contributed by atoms with Crippen molar-refractivity contribution in [3.05, 3.63) is 70.5 Å². The number of rotatable bonds is 11. The lowest BCUT2D eigenvalue weighted by Crippen LogP contribution is -2.37. The highest BCUT2D eigenvalue weighted by Gasteiger charge is 2.26. The standard InChI is InChI=1S/C33H39N5O4/c1-36(2)14-6-5-12-35-33(40)26-22-38-28-20-23-8-3-4-9-24(23)21-29(28)42-32-27(11-10-25(30(32)38)31(26)39)34-13-7-15-37-16-18-41-19-17-37/h3-4,8-11,20-22,34H,5-7,12-19H2,1-2H3,(H,35,40). The first-order chi connectivity index (χ1) is 20.5. The number of morpholine rings is 1. The van der Waals surface area contributed by atoms with Gasteiger partial charge in [-0.1, -0.05) is 24.3 Å². The van der Waals surface area contributed by atoms with E-state index >= 15 is 0 Å². The Labute approximate surface area is 246 Å². The summed E-state index contributed by atoms with van der Waals surface area (Å²) in [4.78, 5) is 31.5. The molecule has 3 aromatic carbocycles. The quantitative estimate of drug-likeness (QED) is 0.227. The number of nitrogens with zero attached hydrogens (tertiary/aromatic N) is 3. The molecule has 1 saturated heterocycles. The van der Waals surface area contributed by atoms with E-state index in [2.05, 4.69) is 38.6 Å². The second kappa shape index (κ2) is 12.5. The zero-order chi connectivity index (χ0) is 29.1. The van der Waals surface area contributed by atoms with Crippen LogP contribution in [0, 0.1) is 0 Å². The maximum atomic E-state index is 13.7. The van der Waals surface area contributed by atoms with E-state index in [1.165, 1.54) is 0 Å². The number of aromatic nitrogens is 1. The first-order valence-electron chi connectivity index (χ1n) is 14.9. The van der Waals surface area contributed by atoms with Gasteiger partial charge in [-0.2, -0.15) is 0 Å². The molecule has 3 heterocycles. The van der Waals surface area contributed by atoms with Crippen LogP contribution in [-0.4, -0.2) is 86.9 Å². The van der Waals surface area contributed by atoms with Gasteiger partial charge >= 0.3 is 0 Å². The summed E-state index contributed by atoms with van der Waals surface area (Å²) in [5, 5.41) is 9.09. The molecule has 0 saturated carbocycles. The highest BCUT2D eigenvalue weighted by atomic mass is 16.5. The van der Waals surface area contributed by atoms with Crippen molar-refractivity contribution in [3.8, 4) is 17.2 Å². The molecule has 220 valence electrons. The molecule has 0 radical (unpaired) electrons. The number of carbonyl (C=O) groups is 1. The van der Waals surface area contributed by atoms with Crippen molar-refractivity contribution in [1.29, 1.82) is 0 Å². The number of carbonyl (C=O) groups excluding carboxylic acids is 1. The molecule has 2 aliphatic heterocycles. The lowest BCUT2D eigenvalue weighted by molar-refractivity contribution is 0.0378. The summed E-state index contributed by atoms with van der Waals surface area (Å²) in [5.41, 5.74) is 2.14. The SMILES string of the molecule is CN(C)CCCCNC(=O)c1cn2c3c(c(NCCCN4CCOCC4)ccc3c1=O)Oc1cc3ccccc3cc1-2. The van der Waals surface area contributed by atoms with Crippen molar-refractivity contribution in [1.82, 2.24) is 19.7 Å². The summed E-state index contributed by atoms with van der Waals surface area (Å²) in [5.74, 6) is 0.939. The second-order valence-corrected chi connectivity index (χ2v) is 11.4. The van der Waals surface area contributed by atoms with Gasteiger partial charge in [0, 0.05) is 32.4 Å². The monoisotopic (exact) mass is 569 g/mol. The van der Waals surface area contributed by atoms with Crippen LogP contribution in [0.5, 0.6) is 11.5 Å². The topological polar surface area (TPSA) is 88.1 Å². The van der Waals surface area contributed by atoms with Gasteiger partial charge in [-0.3, -0.25) is 14.5 Å². The van der Waals surface area contributed by atoms with Gasteiger partial charge in [-0.15, -0.1) is 0 Å².